The molecule has 2 heteroatoms. The molecular formula is C15H22BrN. The summed E-state index contributed by atoms with van der Waals surface area (Å²) in [5.41, 5.74) is 2.56. The zero-order valence-corrected chi connectivity index (χ0v) is 12.5. The SMILES string of the molecule is Cc1cc(Br)cc(NC2CC(C)CCC2C)c1. The molecule has 1 fully saturated rings. The molecule has 1 nitrogen and oxygen atoms in total. The predicted octanol–water partition coefficient (Wildman–Crippen LogP) is 4.99. The summed E-state index contributed by atoms with van der Waals surface area (Å²) in [7, 11) is 0. The number of hydrogen-bond donors (Lipinski definition) is 1. The van der Waals surface area contributed by atoms with Gasteiger partial charge in [-0.2, -0.15) is 0 Å². The van der Waals surface area contributed by atoms with E-state index in [0.29, 0.717) is 6.04 Å². The van der Waals surface area contributed by atoms with Crippen LogP contribution in [0.15, 0.2) is 22.7 Å². The van der Waals surface area contributed by atoms with E-state index in [9.17, 15) is 0 Å². The highest BCUT2D eigenvalue weighted by Crippen LogP contribution is 2.31. The van der Waals surface area contributed by atoms with Gasteiger partial charge in [-0.3, -0.25) is 0 Å². The summed E-state index contributed by atoms with van der Waals surface area (Å²) in [6.45, 7) is 6.88. The summed E-state index contributed by atoms with van der Waals surface area (Å²) in [4.78, 5) is 0. The van der Waals surface area contributed by atoms with E-state index >= 15 is 0 Å². The Hall–Kier alpha value is -0.500. The van der Waals surface area contributed by atoms with Crippen LogP contribution >= 0.6 is 15.9 Å². The summed E-state index contributed by atoms with van der Waals surface area (Å²) >= 11 is 3.56. The molecule has 17 heavy (non-hydrogen) atoms. The topological polar surface area (TPSA) is 12.0 Å². The molecule has 1 aromatic rings. The monoisotopic (exact) mass is 295 g/mol. The van der Waals surface area contributed by atoms with Crippen LogP contribution in [0, 0.1) is 18.8 Å². The molecule has 0 heterocycles. The Morgan fingerprint density at radius 1 is 1.18 bits per heavy atom. The first-order valence-electron chi connectivity index (χ1n) is 6.58. The van der Waals surface area contributed by atoms with Gasteiger partial charge >= 0.3 is 0 Å². The van der Waals surface area contributed by atoms with Crippen molar-refractivity contribution in [3.05, 3.63) is 28.2 Å². The van der Waals surface area contributed by atoms with Gasteiger partial charge in [0, 0.05) is 16.2 Å². The van der Waals surface area contributed by atoms with Crippen LogP contribution in [0.25, 0.3) is 0 Å². The van der Waals surface area contributed by atoms with Crippen molar-refractivity contribution < 1.29 is 0 Å². The van der Waals surface area contributed by atoms with Gasteiger partial charge in [-0.1, -0.05) is 36.2 Å². The standard InChI is InChI=1S/C15H22BrN/c1-10-4-5-12(3)15(8-10)17-14-7-11(2)6-13(16)9-14/h6-7,9-10,12,15,17H,4-5,8H2,1-3H3. The first kappa shape index (κ1) is 12.9. The smallest absolute Gasteiger partial charge is 0.0356 e. The molecule has 3 unspecified atom stereocenters. The van der Waals surface area contributed by atoms with Gasteiger partial charge in [-0.05, 0) is 55.4 Å². The van der Waals surface area contributed by atoms with Crippen LogP contribution in [-0.4, -0.2) is 6.04 Å². The lowest BCUT2D eigenvalue weighted by molar-refractivity contribution is 0.280. The van der Waals surface area contributed by atoms with Gasteiger partial charge in [0.25, 0.3) is 0 Å². The van der Waals surface area contributed by atoms with Crippen LogP contribution in [0.4, 0.5) is 5.69 Å². The summed E-state index contributed by atoms with van der Waals surface area (Å²) in [5.74, 6) is 1.64. The second kappa shape index (κ2) is 5.43. The van der Waals surface area contributed by atoms with E-state index in [-0.39, 0.29) is 0 Å². The van der Waals surface area contributed by atoms with E-state index < -0.39 is 0 Å². The van der Waals surface area contributed by atoms with Crippen LogP contribution in [0.2, 0.25) is 0 Å². The zero-order chi connectivity index (χ0) is 12.4. The molecule has 0 bridgehead atoms. The van der Waals surface area contributed by atoms with E-state index in [1.807, 2.05) is 0 Å². The maximum Gasteiger partial charge on any atom is 0.0356 e. The van der Waals surface area contributed by atoms with Gasteiger partial charge in [0.2, 0.25) is 0 Å². The largest absolute Gasteiger partial charge is 0.382 e. The van der Waals surface area contributed by atoms with Gasteiger partial charge < -0.3 is 5.32 Å². The van der Waals surface area contributed by atoms with Crippen LogP contribution in [-0.2, 0) is 0 Å². The number of hydrogen-bond acceptors (Lipinski definition) is 1. The van der Waals surface area contributed by atoms with Crippen molar-refractivity contribution in [2.75, 3.05) is 5.32 Å². The van der Waals surface area contributed by atoms with Crippen molar-refractivity contribution in [1.82, 2.24) is 0 Å². The molecule has 0 radical (unpaired) electrons. The molecule has 1 aliphatic carbocycles. The maximum absolute atomic E-state index is 3.71. The molecule has 1 aromatic carbocycles. The normalized spacial score (nSPS) is 29.1. The fourth-order valence-corrected chi connectivity index (χ4v) is 3.37. The Labute approximate surface area is 113 Å². The Morgan fingerprint density at radius 3 is 2.65 bits per heavy atom. The first-order chi connectivity index (χ1) is 8.04. The van der Waals surface area contributed by atoms with E-state index in [4.69, 9.17) is 0 Å². The molecular weight excluding hydrogens is 274 g/mol. The third-order valence-electron chi connectivity index (χ3n) is 3.85. The first-order valence-corrected chi connectivity index (χ1v) is 7.37. The fraction of sp³-hybridized carbons (Fsp3) is 0.600. The lowest BCUT2D eigenvalue weighted by atomic mass is 9.80. The molecule has 1 N–H and O–H groups in total. The Balaban J connectivity index is 2.08. The highest BCUT2D eigenvalue weighted by atomic mass is 79.9. The number of rotatable bonds is 2. The number of aryl methyl sites for hydroxylation is 1. The van der Waals surface area contributed by atoms with E-state index in [2.05, 4.69) is 60.2 Å². The van der Waals surface area contributed by atoms with Gasteiger partial charge in [-0.25, -0.2) is 0 Å². The molecule has 1 aliphatic rings. The Bertz CT molecular complexity index is 368. The minimum absolute atomic E-state index is 0.632. The zero-order valence-electron chi connectivity index (χ0n) is 11.0. The quantitative estimate of drug-likeness (QED) is 0.810. The molecule has 0 aromatic heterocycles. The summed E-state index contributed by atoms with van der Waals surface area (Å²) < 4.78 is 1.16. The number of anilines is 1. The fourth-order valence-electron chi connectivity index (χ4n) is 2.77. The van der Waals surface area contributed by atoms with Crippen molar-refractivity contribution in [2.45, 2.75) is 46.1 Å². The Morgan fingerprint density at radius 2 is 1.94 bits per heavy atom. The van der Waals surface area contributed by atoms with Crippen LogP contribution in [0.5, 0.6) is 0 Å². The number of nitrogens with one attached hydrogen (secondary N) is 1. The van der Waals surface area contributed by atoms with Gasteiger partial charge in [-0.15, -0.1) is 0 Å². The van der Waals surface area contributed by atoms with Crippen molar-refractivity contribution in [3.63, 3.8) is 0 Å². The van der Waals surface area contributed by atoms with Crippen molar-refractivity contribution in [2.24, 2.45) is 11.8 Å². The third kappa shape index (κ3) is 3.48. The van der Waals surface area contributed by atoms with E-state index in [1.165, 1.54) is 30.5 Å². The van der Waals surface area contributed by atoms with Gasteiger partial charge in [0.1, 0.15) is 0 Å². The predicted molar refractivity (Wildman–Crippen MR) is 78.5 cm³/mol. The second-order valence-corrected chi connectivity index (χ2v) is 6.58. The van der Waals surface area contributed by atoms with Gasteiger partial charge in [0.05, 0.1) is 0 Å². The van der Waals surface area contributed by atoms with Crippen LogP contribution in [0.3, 0.4) is 0 Å². The number of benzene rings is 1. The second-order valence-electron chi connectivity index (χ2n) is 5.66. The minimum atomic E-state index is 0.632. The molecule has 0 saturated heterocycles. The van der Waals surface area contributed by atoms with Crippen LogP contribution in [0.1, 0.15) is 38.7 Å². The lowest BCUT2D eigenvalue weighted by Gasteiger charge is -2.34. The molecule has 0 aliphatic heterocycles. The molecule has 2 rings (SSSR count). The Kier molecular flexibility index (Phi) is 4.13. The van der Waals surface area contributed by atoms with E-state index in [1.54, 1.807) is 0 Å². The highest BCUT2D eigenvalue weighted by molar-refractivity contribution is 9.10. The van der Waals surface area contributed by atoms with Crippen molar-refractivity contribution in [1.29, 1.82) is 0 Å². The average molecular weight is 296 g/mol. The lowest BCUT2D eigenvalue weighted by Crippen LogP contribution is -2.33. The summed E-state index contributed by atoms with van der Waals surface area (Å²) in [6, 6.07) is 7.20. The molecule has 1 saturated carbocycles. The summed E-state index contributed by atoms with van der Waals surface area (Å²) in [5, 5.41) is 3.71. The number of halogens is 1. The van der Waals surface area contributed by atoms with E-state index in [0.717, 1.165) is 16.3 Å². The maximum atomic E-state index is 3.71. The third-order valence-corrected chi connectivity index (χ3v) is 4.31. The van der Waals surface area contributed by atoms with Gasteiger partial charge in [0.15, 0.2) is 0 Å². The van der Waals surface area contributed by atoms with Crippen molar-refractivity contribution in [3.8, 4) is 0 Å². The summed E-state index contributed by atoms with van der Waals surface area (Å²) in [6.07, 6.45) is 4.04. The molecule has 94 valence electrons. The van der Waals surface area contributed by atoms with Crippen molar-refractivity contribution >= 4 is 21.6 Å². The molecule has 0 amide bonds. The minimum Gasteiger partial charge on any atom is -0.382 e. The average Bonchev–Trinajstić information content (AvgIpc) is 2.22. The van der Waals surface area contributed by atoms with Crippen LogP contribution < -0.4 is 5.32 Å². The molecule has 0 spiro atoms. The molecule has 3 atom stereocenters. The highest BCUT2D eigenvalue weighted by Gasteiger charge is 2.25.